The Bertz CT molecular complexity index is 963. The minimum atomic E-state index is -0.309. The Morgan fingerprint density at radius 3 is 2.59 bits per heavy atom. The number of amides is 1. The van der Waals surface area contributed by atoms with Crippen molar-refractivity contribution in [1.29, 1.82) is 5.26 Å². The predicted octanol–water partition coefficient (Wildman–Crippen LogP) is 3.03. The van der Waals surface area contributed by atoms with Crippen molar-refractivity contribution in [2.45, 2.75) is 6.54 Å². The predicted molar refractivity (Wildman–Crippen MR) is 101 cm³/mol. The molecule has 0 saturated heterocycles. The number of hydrogen-bond donors (Lipinski definition) is 2. The van der Waals surface area contributed by atoms with E-state index in [9.17, 15) is 4.79 Å². The third kappa shape index (κ3) is 4.80. The molecule has 1 amide bonds. The number of carbonyl (C=O) groups is 1. The van der Waals surface area contributed by atoms with Crippen LogP contribution in [0.5, 0.6) is 5.75 Å². The van der Waals surface area contributed by atoms with Gasteiger partial charge in [-0.1, -0.05) is 18.2 Å². The van der Waals surface area contributed by atoms with Gasteiger partial charge in [0.25, 0.3) is 5.91 Å². The van der Waals surface area contributed by atoms with E-state index in [-0.39, 0.29) is 11.6 Å². The van der Waals surface area contributed by atoms with Crippen LogP contribution in [0.2, 0.25) is 0 Å². The van der Waals surface area contributed by atoms with E-state index >= 15 is 0 Å². The van der Waals surface area contributed by atoms with Gasteiger partial charge in [-0.25, -0.2) is 0 Å². The maximum absolute atomic E-state index is 12.2. The lowest BCUT2D eigenvalue weighted by Gasteiger charge is -2.07. The molecule has 0 aliphatic heterocycles. The third-order valence-corrected chi connectivity index (χ3v) is 3.77. The number of hydrogen-bond acceptors (Lipinski definition) is 6. The van der Waals surface area contributed by atoms with Crippen LogP contribution in [0.15, 0.2) is 60.7 Å². The number of carbonyl (C=O) groups excluding carboxylic acids is 1. The summed E-state index contributed by atoms with van der Waals surface area (Å²) in [6, 6.07) is 19.8. The topological polar surface area (TPSA) is 99.9 Å². The van der Waals surface area contributed by atoms with Crippen molar-refractivity contribution in [2.75, 3.05) is 12.4 Å². The fourth-order valence-electron chi connectivity index (χ4n) is 2.35. The van der Waals surface area contributed by atoms with Crippen LogP contribution in [0.25, 0.3) is 0 Å². The lowest BCUT2D eigenvalue weighted by atomic mass is 10.2. The van der Waals surface area contributed by atoms with E-state index in [4.69, 9.17) is 10.00 Å². The highest BCUT2D eigenvalue weighted by Gasteiger charge is 2.08. The second kappa shape index (κ2) is 8.45. The molecule has 0 radical (unpaired) electrons. The van der Waals surface area contributed by atoms with Crippen LogP contribution in [0.3, 0.4) is 0 Å². The standard InChI is InChI=1S/C20H17N5O2/c1-27-17-7-5-14(6-8-17)13-22-20(26)18-9-10-19(25-24-18)23-16-4-2-3-15(11-16)12-21/h2-11H,13H2,1H3,(H,22,26)(H,23,25). The van der Waals surface area contributed by atoms with Gasteiger partial charge in [0, 0.05) is 12.2 Å². The van der Waals surface area contributed by atoms with Crippen LogP contribution in [-0.2, 0) is 6.54 Å². The molecule has 27 heavy (non-hydrogen) atoms. The maximum Gasteiger partial charge on any atom is 0.272 e. The van der Waals surface area contributed by atoms with Gasteiger partial charge >= 0.3 is 0 Å². The number of benzene rings is 2. The Morgan fingerprint density at radius 2 is 1.93 bits per heavy atom. The summed E-state index contributed by atoms with van der Waals surface area (Å²) >= 11 is 0. The summed E-state index contributed by atoms with van der Waals surface area (Å²) in [5.41, 5.74) is 2.44. The quantitative estimate of drug-likeness (QED) is 0.702. The summed E-state index contributed by atoms with van der Waals surface area (Å²) in [6.07, 6.45) is 0. The summed E-state index contributed by atoms with van der Waals surface area (Å²) in [4.78, 5) is 12.2. The molecule has 3 aromatic rings. The number of nitrogens with one attached hydrogen (secondary N) is 2. The Hall–Kier alpha value is -3.92. The number of anilines is 2. The second-order valence-corrected chi connectivity index (χ2v) is 5.65. The van der Waals surface area contributed by atoms with Gasteiger partial charge in [-0.15, -0.1) is 10.2 Å². The number of ether oxygens (including phenoxy) is 1. The van der Waals surface area contributed by atoms with Gasteiger partial charge in [0.2, 0.25) is 0 Å². The molecule has 0 saturated carbocycles. The van der Waals surface area contributed by atoms with Gasteiger partial charge in [0.1, 0.15) is 5.75 Å². The first-order chi connectivity index (χ1) is 13.2. The molecule has 0 bridgehead atoms. The fraction of sp³-hybridized carbons (Fsp3) is 0.100. The summed E-state index contributed by atoms with van der Waals surface area (Å²) in [7, 11) is 1.61. The number of rotatable bonds is 6. The van der Waals surface area contributed by atoms with Gasteiger partial charge in [0.15, 0.2) is 11.5 Å². The van der Waals surface area contributed by atoms with E-state index < -0.39 is 0 Å². The van der Waals surface area contributed by atoms with Gasteiger partial charge in [-0.3, -0.25) is 4.79 Å². The highest BCUT2D eigenvalue weighted by molar-refractivity contribution is 5.92. The fourth-order valence-corrected chi connectivity index (χ4v) is 2.35. The SMILES string of the molecule is COc1ccc(CNC(=O)c2ccc(Nc3cccc(C#N)c3)nn2)cc1. The van der Waals surface area contributed by atoms with E-state index in [0.29, 0.717) is 17.9 Å². The van der Waals surface area contributed by atoms with Crippen LogP contribution in [0, 0.1) is 11.3 Å². The molecule has 3 rings (SSSR count). The van der Waals surface area contributed by atoms with Crippen LogP contribution >= 0.6 is 0 Å². The minimum absolute atomic E-state index is 0.222. The molecular formula is C20H17N5O2. The van der Waals surface area contributed by atoms with Crippen molar-refractivity contribution in [1.82, 2.24) is 15.5 Å². The summed E-state index contributed by atoms with van der Waals surface area (Å²) in [5.74, 6) is 0.937. The summed E-state index contributed by atoms with van der Waals surface area (Å²) in [5, 5.41) is 22.7. The molecule has 134 valence electrons. The zero-order valence-electron chi connectivity index (χ0n) is 14.6. The lowest BCUT2D eigenvalue weighted by Crippen LogP contribution is -2.24. The van der Waals surface area contributed by atoms with Crippen molar-refractivity contribution >= 4 is 17.4 Å². The molecule has 1 heterocycles. The molecule has 0 spiro atoms. The lowest BCUT2D eigenvalue weighted by molar-refractivity contribution is 0.0945. The smallest absolute Gasteiger partial charge is 0.272 e. The molecular weight excluding hydrogens is 342 g/mol. The van der Waals surface area contributed by atoms with Crippen molar-refractivity contribution < 1.29 is 9.53 Å². The Kier molecular flexibility index (Phi) is 5.60. The monoisotopic (exact) mass is 359 g/mol. The Balaban J connectivity index is 1.58. The van der Waals surface area contributed by atoms with Gasteiger partial charge in [0.05, 0.1) is 18.7 Å². The summed E-state index contributed by atoms with van der Waals surface area (Å²) in [6.45, 7) is 0.380. The molecule has 0 unspecified atom stereocenters. The zero-order chi connectivity index (χ0) is 19.1. The van der Waals surface area contributed by atoms with E-state index in [1.165, 1.54) is 0 Å². The highest BCUT2D eigenvalue weighted by Crippen LogP contribution is 2.15. The normalized spacial score (nSPS) is 9.93. The second-order valence-electron chi connectivity index (χ2n) is 5.65. The molecule has 0 atom stereocenters. The van der Waals surface area contributed by atoms with E-state index in [2.05, 4.69) is 26.9 Å². The van der Waals surface area contributed by atoms with Gasteiger partial charge in [-0.2, -0.15) is 5.26 Å². The van der Waals surface area contributed by atoms with E-state index in [1.54, 1.807) is 37.4 Å². The number of nitrogens with zero attached hydrogens (tertiary/aromatic N) is 3. The number of aromatic nitrogens is 2. The molecule has 0 fully saturated rings. The average molecular weight is 359 g/mol. The average Bonchev–Trinajstić information content (AvgIpc) is 2.73. The first kappa shape index (κ1) is 17.9. The largest absolute Gasteiger partial charge is 0.497 e. The summed E-state index contributed by atoms with van der Waals surface area (Å²) < 4.78 is 5.10. The molecule has 0 aliphatic rings. The number of nitriles is 1. The molecule has 2 aromatic carbocycles. The van der Waals surface area contributed by atoms with Crippen molar-refractivity contribution in [3.05, 3.63) is 77.5 Å². The molecule has 1 aromatic heterocycles. The van der Waals surface area contributed by atoms with E-state index in [1.807, 2.05) is 30.3 Å². The maximum atomic E-state index is 12.2. The van der Waals surface area contributed by atoms with E-state index in [0.717, 1.165) is 17.0 Å². The Morgan fingerprint density at radius 1 is 1.11 bits per heavy atom. The first-order valence-corrected chi connectivity index (χ1v) is 8.20. The minimum Gasteiger partial charge on any atom is -0.497 e. The van der Waals surface area contributed by atoms with Crippen molar-refractivity contribution in [2.24, 2.45) is 0 Å². The first-order valence-electron chi connectivity index (χ1n) is 8.20. The van der Waals surface area contributed by atoms with Crippen molar-refractivity contribution in [3.8, 4) is 11.8 Å². The Labute approximate surface area is 156 Å². The molecule has 0 aliphatic carbocycles. The van der Waals surface area contributed by atoms with Crippen LogP contribution < -0.4 is 15.4 Å². The van der Waals surface area contributed by atoms with Gasteiger partial charge in [-0.05, 0) is 48.0 Å². The zero-order valence-corrected chi connectivity index (χ0v) is 14.6. The highest BCUT2D eigenvalue weighted by atomic mass is 16.5. The number of methoxy groups -OCH3 is 1. The van der Waals surface area contributed by atoms with Gasteiger partial charge < -0.3 is 15.4 Å². The molecule has 2 N–H and O–H groups in total. The molecule has 7 heteroatoms. The molecule has 7 nitrogen and oxygen atoms in total. The van der Waals surface area contributed by atoms with Crippen molar-refractivity contribution in [3.63, 3.8) is 0 Å². The third-order valence-electron chi connectivity index (χ3n) is 3.77. The van der Waals surface area contributed by atoms with Crippen LogP contribution in [0.4, 0.5) is 11.5 Å². The van der Waals surface area contributed by atoms with Crippen LogP contribution in [-0.4, -0.2) is 23.2 Å². The van der Waals surface area contributed by atoms with Crippen LogP contribution in [0.1, 0.15) is 21.6 Å².